The molecule has 1 aromatic carbocycles. The lowest BCUT2D eigenvalue weighted by molar-refractivity contribution is 0.574. The minimum Gasteiger partial charge on any atom is -0.317 e. The van der Waals surface area contributed by atoms with Crippen molar-refractivity contribution in [2.75, 3.05) is 25.1 Å². The number of hydrogen-bond donors (Lipinski definition) is 1. The van der Waals surface area contributed by atoms with Crippen LogP contribution in [0, 0.1) is 5.92 Å². The number of nitrogens with one attached hydrogen (secondary N) is 1. The summed E-state index contributed by atoms with van der Waals surface area (Å²) >= 11 is 1.76. The van der Waals surface area contributed by atoms with Gasteiger partial charge in [-0.3, -0.25) is 0 Å². The Kier molecular flexibility index (Phi) is 6.18. The fourth-order valence-electron chi connectivity index (χ4n) is 1.47. The first-order valence-corrected chi connectivity index (χ1v) is 8.94. The molecule has 0 spiro atoms. The van der Waals surface area contributed by atoms with Gasteiger partial charge < -0.3 is 5.32 Å². The van der Waals surface area contributed by atoms with Crippen LogP contribution in [0.4, 0.5) is 0 Å². The molecule has 0 aliphatic carbocycles. The largest absolute Gasteiger partial charge is 0.317 e. The number of hydrogen-bond acceptors (Lipinski definition) is 4. The first-order valence-electron chi connectivity index (χ1n) is 6.07. The topological polar surface area (TPSA) is 46.2 Å². The van der Waals surface area contributed by atoms with Crippen LogP contribution >= 0.6 is 11.8 Å². The molecule has 18 heavy (non-hydrogen) atoms. The van der Waals surface area contributed by atoms with E-state index in [0.717, 1.165) is 23.7 Å². The van der Waals surface area contributed by atoms with Crippen LogP contribution in [0.15, 0.2) is 34.1 Å². The smallest absolute Gasteiger partial charge is 0.175 e. The molecule has 5 heteroatoms. The third-order valence-electron chi connectivity index (χ3n) is 2.53. The van der Waals surface area contributed by atoms with Crippen molar-refractivity contribution in [2.24, 2.45) is 5.92 Å². The van der Waals surface area contributed by atoms with Crippen LogP contribution in [0.5, 0.6) is 0 Å². The summed E-state index contributed by atoms with van der Waals surface area (Å²) in [6, 6.07) is 7.10. The van der Waals surface area contributed by atoms with E-state index in [0.29, 0.717) is 10.8 Å². The molecule has 0 aliphatic heterocycles. The van der Waals surface area contributed by atoms with Gasteiger partial charge in [0, 0.05) is 16.9 Å². The number of benzene rings is 1. The molecule has 0 saturated carbocycles. The number of rotatable bonds is 7. The molecule has 0 bridgehead atoms. The second-order valence-electron chi connectivity index (χ2n) is 4.47. The molecule has 102 valence electrons. The summed E-state index contributed by atoms with van der Waals surface area (Å²) in [5.41, 5.74) is 0. The summed E-state index contributed by atoms with van der Waals surface area (Å²) in [7, 11) is -3.08. The van der Waals surface area contributed by atoms with Crippen LogP contribution < -0.4 is 5.32 Å². The molecular formula is C13H21NO2S2. The molecule has 1 atom stereocenters. The molecule has 0 saturated heterocycles. The zero-order valence-electron chi connectivity index (χ0n) is 11.1. The van der Waals surface area contributed by atoms with Crippen molar-refractivity contribution in [3.63, 3.8) is 0 Å². The van der Waals surface area contributed by atoms with E-state index in [9.17, 15) is 8.42 Å². The van der Waals surface area contributed by atoms with Gasteiger partial charge in [0.1, 0.15) is 0 Å². The first-order chi connectivity index (χ1) is 8.43. The Labute approximate surface area is 114 Å². The summed E-state index contributed by atoms with van der Waals surface area (Å²) < 4.78 is 22.6. The maximum Gasteiger partial charge on any atom is 0.175 e. The summed E-state index contributed by atoms with van der Waals surface area (Å²) in [5, 5.41) is 3.32. The SMILES string of the molecule is CCNCC(C)CSc1ccc(S(C)(=O)=O)cc1. The van der Waals surface area contributed by atoms with E-state index in [4.69, 9.17) is 0 Å². The number of thioether (sulfide) groups is 1. The highest BCUT2D eigenvalue weighted by molar-refractivity contribution is 7.99. The monoisotopic (exact) mass is 287 g/mol. The molecule has 0 heterocycles. The van der Waals surface area contributed by atoms with E-state index >= 15 is 0 Å². The summed E-state index contributed by atoms with van der Waals surface area (Å²) in [4.78, 5) is 1.50. The molecule has 0 aromatic heterocycles. The third-order valence-corrected chi connectivity index (χ3v) is 5.00. The van der Waals surface area contributed by atoms with Crippen molar-refractivity contribution in [3.05, 3.63) is 24.3 Å². The van der Waals surface area contributed by atoms with Crippen molar-refractivity contribution < 1.29 is 8.42 Å². The lowest BCUT2D eigenvalue weighted by Gasteiger charge is -2.11. The van der Waals surface area contributed by atoms with Crippen LogP contribution in [0.25, 0.3) is 0 Å². The molecular weight excluding hydrogens is 266 g/mol. The van der Waals surface area contributed by atoms with Crippen LogP contribution in [-0.2, 0) is 9.84 Å². The van der Waals surface area contributed by atoms with Crippen molar-refractivity contribution >= 4 is 21.6 Å². The Morgan fingerprint density at radius 1 is 1.28 bits per heavy atom. The van der Waals surface area contributed by atoms with Crippen LogP contribution in [0.2, 0.25) is 0 Å². The molecule has 1 N–H and O–H groups in total. The van der Waals surface area contributed by atoms with Crippen molar-refractivity contribution in [3.8, 4) is 0 Å². The van der Waals surface area contributed by atoms with Crippen molar-refractivity contribution in [1.82, 2.24) is 5.32 Å². The molecule has 1 rings (SSSR count). The zero-order valence-corrected chi connectivity index (χ0v) is 12.8. The lowest BCUT2D eigenvalue weighted by atomic mass is 10.2. The summed E-state index contributed by atoms with van der Waals surface area (Å²) in [6.45, 7) is 6.33. The number of sulfone groups is 1. The third kappa shape index (κ3) is 5.42. The fraction of sp³-hybridized carbons (Fsp3) is 0.538. The summed E-state index contributed by atoms with van der Waals surface area (Å²) in [5.74, 6) is 1.63. The highest BCUT2D eigenvalue weighted by Gasteiger charge is 2.07. The molecule has 1 aromatic rings. The van der Waals surface area contributed by atoms with Crippen LogP contribution in [0.3, 0.4) is 0 Å². The van der Waals surface area contributed by atoms with E-state index in [2.05, 4.69) is 19.2 Å². The molecule has 0 aliphatic rings. The van der Waals surface area contributed by atoms with E-state index in [-0.39, 0.29) is 0 Å². The van der Waals surface area contributed by atoms with Gasteiger partial charge in [-0.15, -0.1) is 11.8 Å². The van der Waals surface area contributed by atoms with Gasteiger partial charge in [0.05, 0.1) is 4.90 Å². The predicted octanol–water partition coefficient (Wildman–Crippen LogP) is 2.43. The van der Waals surface area contributed by atoms with Gasteiger partial charge >= 0.3 is 0 Å². The van der Waals surface area contributed by atoms with Gasteiger partial charge in [0.15, 0.2) is 9.84 Å². The minimum atomic E-state index is -3.08. The fourth-order valence-corrected chi connectivity index (χ4v) is 3.03. The highest BCUT2D eigenvalue weighted by Crippen LogP contribution is 2.22. The van der Waals surface area contributed by atoms with E-state index in [1.807, 2.05) is 12.1 Å². The molecule has 1 unspecified atom stereocenters. The van der Waals surface area contributed by atoms with Gasteiger partial charge in [-0.2, -0.15) is 0 Å². The van der Waals surface area contributed by atoms with Crippen LogP contribution in [0.1, 0.15) is 13.8 Å². The average Bonchev–Trinajstić information content (AvgIpc) is 2.33. The van der Waals surface area contributed by atoms with Gasteiger partial charge in [0.25, 0.3) is 0 Å². The second-order valence-corrected chi connectivity index (χ2v) is 7.58. The molecule has 0 fully saturated rings. The Morgan fingerprint density at radius 2 is 1.89 bits per heavy atom. The lowest BCUT2D eigenvalue weighted by Crippen LogP contribution is -2.21. The standard InChI is InChI=1S/C13H21NO2S2/c1-4-14-9-11(2)10-17-12-5-7-13(8-6-12)18(3,15)16/h5-8,11,14H,4,9-10H2,1-3H3. The average molecular weight is 287 g/mol. The van der Waals surface area contributed by atoms with E-state index in [1.165, 1.54) is 6.26 Å². The zero-order chi connectivity index (χ0) is 13.6. The van der Waals surface area contributed by atoms with Gasteiger partial charge in [-0.1, -0.05) is 13.8 Å². The second kappa shape index (κ2) is 7.16. The Balaban J connectivity index is 2.49. The Morgan fingerprint density at radius 3 is 2.39 bits per heavy atom. The maximum absolute atomic E-state index is 11.3. The quantitative estimate of drug-likeness (QED) is 0.782. The predicted molar refractivity (Wildman–Crippen MR) is 78.0 cm³/mol. The Bertz CT molecular complexity index is 454. The van der Waals surface area contributed by atoms with E-state index < -0.39 is 9.84 Å². The summed E-state index contributed by atoms with van der Waals surface area (Å²) in [6.07, 6.45) is 1.23. The van der Waals surface area contributed by atoms with Gasteiger partial charge in [0.2, 0.25) is 0 Å². The van der Waals surface area contributed by atoms with Crippen molar-refractivity contribution in [2.45, 2.75) is 23.6 Å². The van der Waals surface area contributed by atoms with Crippen LogP contribution in [-0.4, -0.2) is 33.5 Å². The normalized spacial score (nSPS) is 13.5. The maximum atomic E-state index is 11.3. The minimum absolute atomic E-state index is 0.382. The van der Waals surface area contributed by atoms with Crippen molar-refractivity contribution in [1.29, 1.82) is 0 Å². The highest BCUT2D eigenvalue weighted by atomic mass is 32.2. The van der Waals surface area contributed by atoms with Gasteiger partial charge in [-0.25, -0.2) is 8.42 Å². The molecule has 0 amide bonds. The first kappa shape index (κ1) is 15.5. The molecule has 3 nitrogen and oxygen atoms in total. The Hall–Kier alpha value is -0.520. The molecule has 0 radical (unpaired) electrons. The van der Waals surface area contributed by atoms with E-state index in [1.54, 1.807) is 23.9 Å². The van der Waals surface area contributed by atoms with Gasteiger partial charge in [-0.05, 0) is 43.3 Å².